The second kappa shape index (κ2) is 7.94. The number of carbonyl (C=O) groups excluding carboxylic acids is 1. The monoisotopic (exact) mass is 375 g/mol. The van der Waals surface area contributed by atoms with Crippen LogP contribution < -0.4 is 5.32 Å². The molecule has 2 aromatic rings. The molecule has 0 radical (unpaired) electrons. The molecule has 0 spiro atoms. The summed E-state index contributed by atoms with van der Waals surface area (Å²) < 4.78 is 31.8. The Morgan fingerprint density at radius 1 is 1.15 bits per heavy atom. The van der Waals surface area contributed by atoms with Gasteiger partial charge in [0, 0.05) is 31.5 Å². The highest BCUT2D eigenvalue weighted by Gasteiger charge is 2.26. The Balaban J connectivity index is 1.62. The quantitative estimate of drug-likeness (QED) is 0.852. The van der Waals surface area contributed by atoms with E-state index in [1.54, 1.807) is 36.4 Å². The largest absolute Gasteiger partial charge is 0.379 e. The van der Waals surface area contributed by atoms with E-state index in [0.717, 1.165) is 11.3 Å². The van der Waals surface area contributed by atoms with Gasteiger partial charge in [0.1, 0.15) is 0 Å². The second-order valence-corrected chi connectivity index (χ2v) is 7.97. The van der Waals surface area contributed by atoms with Gasteiger partial charge in [-0.3, -0.25) is 9.78 Å². The van der Waals surface area contributed by atoms with E-state index in [4.69, 9.17) is 4.74 Å². The van der Waals surface area contributed by atoms with Crippen molar-refractivity contribution < 1.29 is 17.9 Å². The third-order valence-corrected chi connectivity index (χ3v) is 6.07. The van der Waals surface area contributed by atoms with Crippen molar-refractivity contribution in [2.24, 2.45) is 0 Å². The van der Waals surface area contributed by atoms with Crippen LogP contribution in [0.5, 0.6) is 0 Å². The number of aryl methyl sites for hydroxylation is 1. The summed E-state index contributed by atoms with van der Waals surface area (Å²) in [5, 5.41) is 2.80. The lowest BCUT2D eigenvalue weighted by Gasteiger charge is -2.26. The van der Waals surface area contributed by atoms with E-state index in [1.807, 2.05) is 6.92 Å². The Morgan fingerprint density at radius 3 is 2.46 bits per heavy atom. The van der Waals surface area contributed by atoms with Gasteiger partial charge in [-0.05, 0) is 36.8 Å². The molecule has 26 heavy (non-hydrogen) atoms. The molecule has 1 aliphatic heterocycles. The summed E-state index contributed by atoms with van der Waals surface area (Å²) in [6.07, 6.45) is 1.53. The average Bonchev–Trinajstić information content (AvgIpc) is 2.67. The molecular formula is C18H21N3O4S. The fraction of sp³-hybridized carbons (Fsp3) is 0.333. The van der Waals surface area contributed by atoms with E-state index in [9.17, 15) is 13.2 Å². The van der Waals surface area contributed by atoms with Crippen molar-refractivity contribution >= 4 is 15.9 Å². The van der Waals surface area contributed by atoms with E-state index in [2.05, 4.69) is 10.3 Å². The number of aromatic nitrogens is 1. The van der Waals surface area contributed by atoms with E-state index in [-0.39, 0.29) is 10.8 Å². The van der Waals surface area contributed by atoms with Crippen LogP contribution in [0.1, 0.15) is 21.6 Å². The number of nitrogens with one attached hydrogen (secondary N) is 1. The van der Waals surface area contributed by atoms with Crippen LogP contribution in [0.4, 0.5) is 0 Å². The minimum absolute atomic E-state index is 0.220. The third kappa shape index (κ3) is 4.27. The van der Waals surface area contributed by atoms with Crippen LogP contribution in [0.15, 0.2) is 47.5 Å². The molecule has 1 fully saturated rings. The van der Waals surface area contributed by atoms with E-state index >= 15 is 0 Å². The second-order valence-electron chi connectivity index (χ2n) is 6.03. The highest BCUT2D eigenvalue weighted by molar-refractivity contribution is 7.89. The first-order chi connectivity index (χ1) is 12.5. The predicted molar refractivity (Wildman–Crippen MR) is 96.2 cm³/mol. The number of morpholine rings is 1. The van der Waals surface area contributed by atoms with Crippen LogP contribution in [0.2, 0.25) is 0 Å². The number of carbonyl (C=O) groups is 1. The van der Waals surface area contributed by atoms with E-state index < -0.39 is 10.0 Å². The summed E-state index contributed by atoms with van der Waals surface area (Å²) in [6, 6.07) is 10.1. The van der Waals surface area contributed by atoms with E-state index in [1.165, 1.54) is 10.5 Å². The number of rotatable bonds is 5. The van der Waals surface area contributed by atoms with Gasteiger partial charge in [-0.2, -0.15) is 4.31 Å². The molecule has 0 unspecified atom stereocenters. The molecule has 0 atom stereocenters. The molecule has 3 rings (SSSR count). The minimum Gasteiger partial charge on any atom is -0.379 e. The molecule has 0 bridgehead atoms. The fourth-order valence-corrected chi connectivity index (χ4v) is 4.01. The smallest absolute Gasteiger partial charge is 0.253 e. The molecule has 1 saturated heterocycles. The van der Waals surface area contributed by atoms with Gasteiger partial charge in [0.2, 0.25) is 10.0 Å². The fourth-order valence-electron chi connectivity index (χ4n) is 2.60. The number of hydrogen-bond donors (Lipinski definition) is 1. The standard InChI is InChI=1S/C18H21N3O4S/c1-14-2-5-16(13-19-14)18(22)20-12-15-3-6-17(7-4-15)26(23,24)21-8-10-25-11-9-21/h2-7,13H,8-12H2,1H3,(H,20,22). The van der Waals surface area contributed by atoms with Gasteiger partial charge in [0.15, 0.2) is 0 Å². The lowest BCUT2D eigenvalue weighted by atomic mass is 10.2. The maximum absolute atomic E-state index is 12.6. The van der Waals surface area contributed by atoms with Gasteiger partial charge in [-0.15, -0.1) is 0 Å². The van der Waals surface area contributed by atoms with Crippen LogP contribution in [-0.4, -0.2) is 49.9 Å². The van der Waals surface area contributed by atoms with Gasteiger partial charge >= 0.3 is 0 Å². The maximum Gasteiger partial charge on any atom is 0.253 e. The summed E-state index contributed by atoms with van der Waals surface area (Å²) in [5.74, 6) is -0.220. The van der Waals surface area contributed by atoms with Crippen molar-refractivity contribution in [2.75, 3.05) is 26.3 Å². The molecule has 0 aliphatic carbocycles. The zero-order valence-corrected chi connectivity index (χ0v) is 15.3. The average molecular weight is 375 g/mol. The van der Waals surface area contributed by atoms with Crippen molar-refractivity contribution in [1.82, 2.24) is 14.6 Å². The Hall–Kier alpha value is -2.29. The van der Waals surface area contributed by atoms with Crippen LogP contribution in [0.25, 0.3) is 0 Å². The topological polar surface area (TPSA) is 88.6 Å². The first-order valence-corrected chi connectivity index (χ1v) is 9.78. The molecule has 8 heteroatoms. The number of sulfonamides is 1. The lowest BCUT2D eigenvalue weighted by molar-refractivity contribution is 0.0730. The summed E-state index contributed by atoms with van der Waals surface area (Å²) in [7, 11) is -3.50. The molecule has 1 aromatic carbocycles. The molecule has 1 amide bonds. The first-order valence-electron chi connectivity index (χ1n) is 8.34. The first kappa shape index (κ1) is 18.5. The van der Waals surface area contributed by atoms with Gasteiger partial charge in [0.25, 0.3) is 5.91 Å². The Bertz CT molecular complexity index is 858. The highest BCUT2D eigenvalue weighted by Crippen LogP contribution is 2.17. The zero-order valence-electron chi connectivity index (χ0n) is 14.5. The Labute approximate surface area is 153 Å². The molecule has 0 saturated carbocycles. The van der Waals surface area contributed by atoms with Crippen LogP contribution in [-0.2, 0) is 21.3 Å². The summed E-state index contributed by atoms with van der Waals surface area (Å²) in [4.78, 5) is 16.4. The molecule has 1 N–H and O–H groups in total. The van der Waals surface area contributed by atoms with Crippen molar-refractivity contribution in [1.29, 1.82) is 0 Å². The number of nitrogens with zero attached hydrogens (tertiary/aromatic N) is 2. The number of ether oxygens (including phenoxy) is 1. The SMILES string of the molecule is Cc1ccc(C(=O)NCc2ccc(S(=O)(=O)N3CCOCC3)cc2)cn1. The molecule has 7 nitrogen and oxygen atoms in total. The number of pyridine rings is 1. The zero-order chi connectivity index (χ0) is 18.6. The lowest BCUT2D eigenvalue weighted by Crippen LogP contribution is -2.40. The van der Waals surface area contributed by atoms with Crippen molar-refractivity contribution in [3.05, 3.63) is 59.4 Å². The number of amides is 1. The Morgan fingerprint density at radius 2 is 1.85 bits per heavy atom. The summed E-state index contributed by atoms with van der Waals surface area (Å²) in [6.45, 7) is 3.72. The number of hydrogen-bond acceptors (Lipinski definition) is 5. The van der Waals surface area contributed by atoms with Gasteiger partial charge in [-0.1, -0.05) is 12.1 Å². The van der Waals surface area contributed by atoms with Gasteiger partial charge in [0.05, 0.1) is 23.7 Å². The van der Waals surface area contributed by atoms with Crippen LogP contribution >= 0.6 is 0 Å². The number of benzene rings is 1. The minimum atomic E-state index is -3.50. The van der Waals surface area contributed by atoms with Gasteiger partial charge in [-0.25, -0.2) is 8.42 Å². The van der Waals surface area contributed by atoms with Crippen LogP contribution in [0.3, 0.4) is 0 Å². The van der Waals surface area contributed by atoms with E-state index in [0.29, 0.717) is 38.4 Å². The van der Waals surface area contributed by atoms with Crippen LogP contribution in [0, 0.1) is 6.92 Å². The van der Waals surface area contributed by atoms with Crippen molar-refractivity contribution in [2.45, 2.75) is 18.4 Å². The molecule has 138 valence electrons. The van der Waals surface area contributed by atoms with Crippen molar-refractivity contribution in [3.63, 3.8) is 0 Å². The maximum atomic E-state index is 12.6. The van der Waals surface area contributed by atoms with Gasteiger partial charge < -0.3 is 10.1 Å². The normalized spacial score (nSPS) is 15.6. The molecule has 2 heterocycles. The molecular weight excluding hydrogens is 354 g/mol. The van der Waals surface area contributed by atoms with Crippen molar-refractivity contribution in [3.8, 4) is 0 Å². The molecule has 1 aliphatic rings. The summed E-state index contributed by atoms with van der Waals surface area (Å²) >= 11 is 0. The molecule has 1 aromatic heterocycles. The highest BCUT2D eigenvalue weighted by atomic mass is 32.2. The predicted octanol–water partition coefficient (Wildman–Crippen LogP) is 1.34. The third-order valence-electron chi connectivity index (χ3n) is 4.16. The Kier molecular flexibility index (Phi) is 5.65. The summed E-state index contributed by atoms with van der Waals surface area (Å²) in [5.41, 5.74) is 2.15.